The Morgan fingerprint density at radius 2 is 2.09 bits per heavy atom. The van der Waals surface area contributed by atoms with E-state index in [9.17, 15) is 0 Å². The Balaban J connectivity index is 0.000000605. The molecular weight excluding hydrogens is 165 g/mol. The first kappa shape index (κ1) is 8.92. The molecule has 1 aliphatic rings. The minimum absolute atomic E-state index is 0. The Bertz CT molecular complexity index is 287. The first-order chi connectivity index (χ1) is 4.88. The summed E-state index contributed by atoms with van der Waals surface area (Å²) in [5.41, 5.74) is 4.30. The van der Waals surface area contributed by atoms with Gasteiger partial charge in [0.25, 0.3) is 0 Å². The monoisotopic (exact) mass is 175 g/mol. The van der Waals surface area contributed by atoms with Crippen LogP contribution in [0.25, 0.3) is 6.08 Å². The molecule has 0 N–H and O–H groups in total. The summed E-state index contributed by atoms with van der Waals surface area (Å²) < 4.78 is 0. The summed E-state index contributed by atoms with van der Waals surface area (Å²) in [5.74, 6) is 0. The molecule has 0 atom stereocenters. The molecule has 0 spiro atoms. The normalized spacial score (nSPS) is 12.5. The molecule has 1 heteroatoms. The third-order valence-corrected chi connectivity index (χ3v) is 2.04. The number of rotatable bonds is 0. The Labute approximate surface area is 86.1 Å². The van der Waals surface area contributed by atoms with Gasteiger partial charge in [0.1, 0.15) is 0 Å². The van der Waals surface area contributed by atoms with E-state index in [0.29, 0.717) is 0 Å². The van der Waals surface area contributed by atoms with Crippen LogP contribution in [-0.4, -0.2) is 0 Å². The molecule has 11 heavy (non-hydrogen) atoms. The molecule has 0 fully saturated rings. The van der Waals surface area contributed by atoms with Crippen molar-refractivity contribution in [3.05, 3.63) is 41.0 Å². The second-order valence-electron chi connectivity index (χ2n) is 2.75. The van der Waals surface area contributed by atoms with Gasteiger partial charge in [0.15, 0.2) is 0 Å². The summed E-state index contributed by atoms with van der Waals surface area (Å²) in [5, 5.41) is 0. The molecule has 0 unspecified atom stereocenters. The molecule has 0 aliphatic heterocycles. The maximum Gasteiger partial charge on any atom is 0 e. The second kappa shape index (κ2) is 3.49. The van der Waals surface area contributed by atoms with Crippen LogP contribution < -0.4 is 0 Å². The summed E-state index contributed by atoms with van der Waals surface area (Å²) in [6.45, 7) is 2.16. The number of hydrogen-bond donors (Lipinski definition) is 0. The molecule has 1 aromatic rings. The van der Waals surface area contributed by atoms with Crippen LogP contribution in [0.15, 0.2) is 24.3 Å². The first-order valence-electron chi connectivity index (χ1n) is 3.63. The molecule has 53 valence electrons. The largest absolute Gasteiger partial charge is 0.0795 e. The Morgan fingerprint density at radius 3 is 2.82 bits per heavy atom. The predicted molar refractivity (Wildman–Crippen MR) is 43.9 cm³/mol. The molecule has 1 radical (unpaired) electrons. The maximum atomic E-state index is 2.22. The molecule has 0 amide bonds. The van der Waals surface area contributed by atoms with Gasteiger partial charge < -0.3 is 0 Å². The Morgan fingerprint density at radius 1 is 1.27 bits per heavy atom. The number of allylic oxidation sites excluding steroid dienone is 1. The van der Waals surface area contributed by atoms with E-state index < -0.39 is 0 Å². The van der Waals surface area contributed by atoms with Crippen LogP contribution in [0.3, 0.4) is 0 Å². The van der Waals surface area contributed by atoms with Crippen molar-refractivity contribution in [2.24, 2.45) is 0 Å². The van der Waals surface area contributed by atoms with Crippen LogP contribution in [0.2, 0.25) is 0 Å². The zero-order valence-electron chi connectivity index (χ0n) is 6.67. The standard InChI is InChI=1S/C10H10.Sc/c1-8-4-2-5-9-6-3-7-10(8)9;/h2-5,7H,6H2,1H3;. The summed E-state index contributed by atoms with van der Waals surface area (Å²) >= 11 is 0. The van der Waals surface area contributed by atoms with Gasteiger partial charge in [0.05, 0.1) is 0 Å². The van der Waals surface area contributed by atoms with Crippen LogP contribution in [0, 0.1) is 6.92 Å². The van der Waals surface area contributed by atoms with Crippen molar-refractivity contribution < 1.29 is 25.8 Å². The van der Waals surface area contributed by atoms with Gasteiger partial charge in [0, 0.05) is 25.8 Å². The predicted octanol–water partition coefficient (Wildman–Crippen LogP) is 2.56. The van der Waals surface area contributed by atoms with E-state index in [4.69, 9.17) is 0 Å². The minimum atomic E-state index is 0. The molecule has 0 saturated carbocycles. The fourth-order valence-electron chi connectivity index (χ4n) is 1.46. The van der Waals surface area contributed by atoms with Crippen molar-refractivity contribution in [3.8, 4) is 0 Å². The summed E-state index contributed by atoms with van der Waals surface area (Å²) in [6.07, 6.45) is 5.55. The smallest absolute Gasteiger partial charge is 0 e. The van der Waals surface area contributed by atoms with Crippen molar-refractivity contribution in [1.82, 2.24) is 0 Å². The van der Waals surface area contributed by atoms with Crippen molar-refractivity contribution >= 4 is 6.08 Å². The molecule has 1 aromatic carbocycles. The fraction of sp³-hybridized carbons (Fsp3) is 0.200. The van der Waals surface area contributed by atoms with Gasteiger partial charge in [-0.15, -0.1) is 0 Å². The van der Waals surface area contributed by atoms with Gasteiger partial charge in [-0.25, -0.2) is 0 Å². The molecule has 0 bridgehead atoms. The molecule has 0 heterocycles. The van der Waals surface area contributed by atoms with Crippen LogP contribution in [0.4, 0.5) is 0 Å². The van der Waals surface area contributed by atoms with Crippen LogP contribution >= 0.6 is 0 Å². The zero-order chi connectivity index (χ0) is 6.97. The second-order valence-corrected chi connectivity index (χ2v) is 2.75. The van der Waals surface area contributed by atoms with Crippen molar-refractivity contribution in [3.63, 3.8) is 0 Å². The quantitative estimate of drug-likeness (QED) is 0.568. The number of benzene rings is 1. The molecule has 0 nitrogen and oxygen atoms in total. The third kappa shape index (κ3) is 1.53. The van der Waals surface area contributed by atoms with Crippen LogP contribution in [0.5, 0.6) is 0 Å². The average molecular weight is 175 g/mol. The molecule has 2 rings (SSSR count). The van der Waals surface area contributed by atoms with E-state index in [1.165, 1.54) is 16.7 Å². The van der Waals surface area contributed by atoms with Crippen molar-refractivity contribution in [2.45, 2.75) is 13.3 Å². The Hall–Kier alpha value is -0.170. The first-order valence-corrected chi connectivity index (χ1v) is 3.63. The molecule has 0 aromatic heterocycles. The van der Waals surface area contributed by atoms with Gasteiger partial charge in [-0.05, 0) is 30.0 Å². The van der Waals surface area contributed by atoms with Gasteiger partial charge in [-0.3, -0.25) is 0 Å². The Kier molecular flexibility index (Phi) is 2.83. The SMILES string of the molecule is Cc1cccc2c1C=CC2.[Sc]. The molecule has 1 aliphatic carbocycles. The maximum absolute atomic E-state index is 2.22. The van der Waals surface area contributed by atoms with E-state index in [1.54, 1.807) is 0 Å². The van der Waals surface area contributed by atoms with E-state index in [2.05, 4.69) is 37.3 Å². The van der Waals surface area contributed by atoms with E-state index in [-0.39, 0.29) is 25.8 Å². The zero-order valence-corrected chi connectivity index (χ0v) is 8.47. The van der Waals surface area contributed by atoms with Gasteiger partial charge in [-0.2, -0.15) is 0 Å². The molecular formula is C10H10Sc. The summed E-state index contributed by atoms with van der Waals surface area (Å²) in [4.78, 5) is 0. The summed E-state index contributed by atoms with van der Waals surface area (Å²) in [6, 6.07) is 6.48. The van der Waals surface area contributed by atoms with Gasteiger partial charge >= 0.3 is 0 Å². The number of aryl methyl sites for hydroxylation is 1. The van der Waals surface area contributed by atoms with Gasteiger partial charge in [-0.1, -0.05) is 30.4 Å². The molecule has 0 saturated heterocycles. The van der Waals surface area contributed by atoms with Crippen LogP contribution in [-0.2, 0) is 32.3 Å². The van der Waals surface area contributed by atoms with E-state index in [0.717, 1.165) is 6.42 Å². The third-order valence-electron chi connectivity index (χ3n) is 2.04. The van der Waals surface area contributed by atoms with Gasteiger partial charge in [0.2, 0.25) is 0 Å². The topological polar surface area (TPSA) is 0 Å². The minimum Gasteiger partial charge on any atom is -0.0795 e. The number of fused-ring (bicyclic) bond motifs is 1. The summed E-state index contributed by atoms with van der Waals surface area (Å²) in [7, 11) is 0. The van der Waals surface area contributed by atoms with Crippen LogP contribution in [0.1, 0.15) is 16.7 Å². The number of hydrogen-bond acceptors (Lipinski definition) is 0. The van der Waals surface area contributed by atoms with E-state index in [1.807, 2.05) is 0 Å². The average Bonchev–Trinajstić information content (AvgIpc) is 2.36. The van der Waals surface area contributed by atoms with E-state index >= 15 is 0 Å². The van der Waals surface area contributed by atoms with Crippen molar-refractivity contribution in [1.29, 1.82) is 0 Å². The van der Waals surface area contributed by atoms with Crippen molar-refractivity contribution in [2.75, 3.05) is 0 Å². The fourth-order valence-corrected chi connectivity index (χ4v) is 1.46.